The zero-order valence-electron chi connectivity index (χ0n) is 28.5. The monoisotopic (exact) mass is 706 g/mol. The van der Waals surface area contributed by atoms with Gasteiger partial charge in [-0.15, -0.1) is 0 Å². The largest absolute Gasteiger partial charge is 0.488 e. The number of hydrogen-bond acceptors (Lipinski definition) is 8. The van der Waals surface area contributed by atoms with Crippen molar-refractivity contribution in [1.82, 2.24) is 4.90 Å². The number of aliphatic hydroxyl groups is 1. The van der Waals surface area contributed by atoms with Gasteiger partial charge in [0.25, 0.3) is 0 Å². The maximum absolute atomic E-state index is 11.8. The van der Waals surface area contributed by atoms with Crippen molar-refractivity contribution in [2.45, 2.75) is 33.2 Å². The summed E-state index contributed by atoms with van der Waals surface area (Å²) in [6.45, 7) is 4.08. The van der Waals surface area contributed by atoms with Gasteiger partial charge in [0.15, 0.2) is 11.5 Å². The van der Waals surface area contributed by atoms with Gasteiger partial charge in [-0.25, -0.2) is 0 Å². The summed E-state index contributed by atoms with van der Waals surface area (Å²) >= 11 is 6.83. The van der Waals surface area contributed by atoms with Crippen LogP contribution in [-0.2, 0) is 31.1 Å². The molecule has 6 rings (SSSR count). The van der Waals surface area contributed by atoms with Gasteiger partial charge in [-0.1, -0.05) is 78.3 Å². The SMILES string of the molecule is CO.Cc1c(COc2cc(OCc3cccc(C#N)c3)c(CN(CC(=O)O)Cc3ccccc3)cc2Cl)cccc1-c1ccc2c(c1)OCCO2. The van der Waals surface area contributed by atoms with E-state index in [4.69, 9.17) is 35.7 Å². The molecule has 262 valence electrons. The molecule has 0 atom stereocenters. The molecule has 9 nitrogen and oxygen atoms in total. The third-order valence-electron chi connectivity index (χ3n) is 8.25. The molecule has 0 saturated heterocycles. The van der Waals surface area contributed by atoms with Crippen LogP contribution in [0.15, 0.2) is 103 Å². The first kappa shape index (κ1) is 36.7. The van der Waals surface area contributed by atoms with Crippen molar-refractivity contribution < 1.29 is 34.0 Å². The van der Waals surface area contributed by atoms with Crippen molar-refractivity contribution in [3.63, 3.8) is 0 Å². The normalized spacial score (nSPS) is 11.6. The zero-order valence-corrected chi connectivity index (χ0v) is 29.2. The van der Waals surface area contributed by atoms with E-state index < -0.39 is 5.97 Å². The van der Waals surface area contributed by atoms with E-state index in [9.17, 15) is 15.2 Å². The quantitative estimate of drug-likeness (QED) is 0.126. The average molecular weight is 707 g/mol. The average Bonchev–Trinajstić information content (AvgIpc) is 3.15. The lowest BCUT2D eigenvalue weighted by Gasteiger charge is -2.23. The lowest BCUT2D eigenvalue weighted by Crippen LogP contribution is -2.29. The minimum atomic E-state index is -0.938. The molecule has 10 heteroatoms. The number of fused-ring (bicyclic) bond motifs is 1. The Balaban J connectivity index is 0.00000248. The van der Waals surface area contributed by atoms with Crippen LogP contribution in [0.25, 0.3) is 11.1 Å². The number of rotatable bonds is 13. The van der Waals surface area contributed by atoms with Gasteiger partial charge in [0, 0.05) is 31.8 Å². The Labute approximate surface area is 302 Å². The van der Waals surface area contributed by atoms with Crippen molar-refractivity contribution in [3.8, 4) is 40.2 Å². The van der Waals surface area contributed by atoms with Gasteiger partial charge in [-0.2, -0.15) is 5.26 Å². The van der Waals surface area contributed by atoms with Crippen LogP contribution >= 0.6 is 11.6 Å². The fourth-order valence-corrected chi connectivity index (χ4v) is 6.04. The number of halogens is 1. The van der Waals surface area contributed by atoms with E-state index in [2.05, 4.69) is 19.1 Å². The number of carbonyl (C=O) groups is 1. The van der Waals surface area contributed by atoms with Crippen molar-refractivity contribution >= 4 is 17.6 Å². The molecule has 0 saturated carbocycles. The number of benzene rings is 5. The number of carboxylic acid groups (broad SMARTS) is 1. The van der Waals surface area contributed by atoms with Gasteiger partial charge >= 0.3 is 5.97 Å². The van der Waals surface area contributed by atoms with E-state index in [0.29, 0.717) is 47.4 Å². The van der Waals surface area contributed by atoms with E-state index in [1.54, 1.807) is 24.3 Å². The van der Waals surface area contributed by atoms with Gasteiger partial charge in [0.1, 0.15) is 37.9 Å². The molecule has 1 aliphatic rings. The number of nitrogens with zero attached hydrogens (tertiary/aromatic N) is 2. The second-order valence-electron chi connectivity index (χ2n) is 11.8. The van der Waals surface area contributed by atoms with Gasteiger partial charge in [0.05, 0.1) is 23.2 Å². The summed E-state index contributed by atoms with van der Waals surface area (Å²) < 4.78 is 24.2. The Hall–Kier alpha value is -5.53. The molecule has 1 aliphatic heterocycles. The highest BCUT2D eigenvalue weighted by molar-refractivity contribution is 6.32. The summed E-state index contributed by atoms with van der Waals surface area (Å²) in [5, 5.41) is 26.4. The van der Waals surface area contributed by atoms with Crippen molar-refractivity contribution in [2.24, 2.45) is 0 Å². The lowest BCUT2D eigenvalue weighted by molar-refractivity contribution is -0.138. The first-order valence-electron chi connectivity index (χ1n) is 16.3. The highest BCUT2D eigenvalue weighted by atomic mass is 35.5. The van der Waals surface area contributed by atoms with Crippen LogP contribution in [0.2, 0.25) is 5.02 Å². The van der Waals surface area contributed by atoms with E-state index >= 15 is 0 Å². The fraction of sp³-hybridized carbons (Fsp3) is 0.220. The van der Waals surface area contributed by atoms with E-state index in [1.165, 1.54) is 0 Å². The second kappa shape index (κ2) is 17.9. The minimum Gasteiger partial charge on any atom is -0.488 e. The lowest BCUT2D eigenvalue weighted by atomic mass is 9.96. The number of carboxylic acids is 1. The molecule has 0 radical (unpaired) electrons. The number of aliphatic hydroxyl groups excluding tert-OH is 1. The maximum Gasteiger partial charge on any atom is 0.317 e. The number of aliphatic carboxylic acids is 1. The van der Waals surface area contributed by atoms with Crippen LogP contribution in [0.1, 0.15) is 33.4 Å². The predicted octanol–water partition coefficient (Wildman–Crippen LogP) is 7.81. The van der Waals surface area contributed by atoms with Crippen molar-refractivity contribution in [1.29, 1.82) is 5.26 Å². The standard InChI is InChI=1S/C40H35ClN2O6.CH4O/c1-27-32(11-6-12-34(27)31-13-14-36-39(19-31)47-16-15-46-36)26-49-38-20-37(48-25-30-10-5-9-29(17-30)21-42)33(18-35(38)41)23-43(24-40(44)45)22-28-7-3-2-4-8-28;1-2/h2-14,17-20H,15-16,22-26H2,1H3,(H,44,45);2H,1H3. The van der Waals surface area contributed by atoms with Crippen LogP contribution in [0.5, 0.6) is 23.0 Å². The first-order valence-corrected chi connectivity index (χ1v) is 16.7. The van der Waals surface area contributed by atoms with Gasteiger partial charge in [-0.05, 0) is 70.6 Å². The summed E-state index contributed by atoms with van der Waals surface area (Å²) in [5.74, 6) is 1.48. The molecule has 0 bridgehead atoms. The van der Waals surface area contributed by atoms with E-state index in [-0.39, 0.29) is 26.3 Å². The smallest absolute Gasteiger partial charge is 0.317 e. The Morgan fingerprint density at radius 1 is 0.804 bits per heavy atom. The molecule has 1 heterocycles. The maximum atomic E-state index is 11.8. The Morgan fingerprint density at radius 2 is 1.53 bits per heavy atom. The van der Waals surface area contributed by atoms with Crippen LogP contribution in [0.4, 0.5) is 0 Å². The fourth-order valence-electron chi connectivity index (χ4n) is 5.80. The summed E-state index contributed by atoms with van der Waals surface area (Å²) in [6, 6.07) is 34.6. The number of nitriles is 1. The number of ether oxygens (including phenoxy) is 4. The molecule has 5 aromatic rings. The van der Waals surface area contributed by atoms with Crippen LogP contribution < -0.4 is 18.9 Å². The molecule has 0 aromatic heterocycles. The van der Waals surface area contributed by atoms with E-state index in [1.807, 2.05) is 77.7 Å². The highest BCUT2D eigenvalue weighted by Gasteiger charge is 2.19. The molecule has 2 N–H and O–H groups in total. The third-order valence-corrected chi connectivity index (χ3v) is 8.54. The van der Waals surface area contributed by atoms with Crippen LogP contribution in [0, 0.1) is 18.3 Å². The summed E-state index contributed by atoms with van der Waals surface area (Å²) in [6.07, 6.45) is 0. The number of hydrogen-bond donors (Lipinski definition) is 2. The first-order chi connectivity index (χ1) is 24.9. The Kier molecular flexibility index (Phi) is 12.9. The molecular weight excluding hydrogens is 668 g/mol. The van der Waals surface area contributed by atoms with Crippen molar-refractivity contribution in [2.75, 3.05) is 26.9 Å². The van der Waals surface area contributed by atoms with Crippen LogP contribution in [-0.4, -0.2) is 48.0 Å². The van der Waals surface area contributed by atoms with Gasteiger partial charge in [-0.3, -0.25) is 9.69 Å². The Bertz CT molecular complexity index is 1990. The summed E-state index contributed by atoms with van der Waals surface area (Å²) in [5.41, 5.74) is 7.17. The van der Waals surface area contributed by atoms with Gasteiger partial charge < -0.3 is 29.2 Å². The molecule has 51 heavy (non-hydrogen) atoms. The second-order valence-corrected chi connectivity index (χ2v) is 12.2. The highest BCUT2D eigenvalue weighted by Crippen LogP contribution is 2.38. The molecule has 0 aliphatic carbocycles. The predicted molar refractivity (Wildman–Crippen MR) is 195 cm³/mol. The molecular formula is C41H39ClN2O7. The molecule has 5 aromatic carbocycles. The zero-order chi connectivity index (χ0) is 36.2. The van der Waals surface area contributed by atoms with Gasteiger partial charge in [0.2, 0.25) is 0 Å². The Morgan fingerprint density at radius 3 is 2.29 bits per heavy atom. The molecule has 0 amide bonds. The van der Waals surface area contributed by atoms with Crippen LogP contribution in [0.3, 0.4) is 0 Å². The third kappa shape index (κ3) is 9.80. The topological polar surface area (TPSA) is 121 Å². The summed E-state index contributed by atoms with van der Waals surface area (Å²) in [7, 11) is 1.00. The van der Waals surface area contributed by atoms with E-state index in [0.717, 1.165) is 52.0 Å². The minimum absolute atomic E-state index is 0.173. The summed E-state index contributed by atoms with van der Waals surface area (Å²) in [4.78, 5) is 13.7. The molecule has 0 unspecified atom stereocenters. The van der Waals surface area contributed by atoms with Crippen molar-refractivity contribution in [3.05, 3.63) is 142 Å². The molecule has 0 spiro atoms. The molecule has 0 fully saturated rings.